The highest BCUT2D eigenvalue weighted by molar-refractivity contribution is 5.35. The van der Waals surface area contributed by atoms with Gasteiger partial charge < -0.3 is 0 Å². The van der Waals surface area contributed by atoms with Gasteiger partial charge in [0, 0.05) is 5.92 Å². The maximum Gasteiger partial charge on any atom is 0.231 e. The third kappa shape index (κ3) is 4.43. The fourth-order valence-corrected chi connectivity index (χ4v) is 4.00. The van der Waals surface area contributed by atoms with Gasteiger partial charge in [-0.25, -0.2) is 10.2 Å². The molecule has 2 aromatic rings. The Morgan fingerprint density at radius 1 is 0.958 bits per heavy atom. The summed E-state index contributed by atoms with van der Waals surface area (Å²) in [6.45, 7) is 4.91. The van der Waals surface area contributed by atoms with Gasteiger partial charge >= 0.3 is 0 Å². The SMILES string of the molecule is CC1CCC(C)(C(c2ccccc2)c2ccccc2)CC1.N=C=O. The summed E-state index contributed by atoms with van der Waals surface area (Å²) in [6.07, 6.45) is 6.16. The van der Waals surface area contributed by atoms with Gasteiger partial charge in [0.15, 0.2) is 0 Å². The van der Waals surface area contributed by atoms with E-state index in [4.69, 9.17) is 10.2 Å². The Kier molecular flexibility index (Phi) is 6.52. The molecule has 2 nitrogen and oxygen atoms in total. The van der Waals surface area contributed by atoms with Crippen LogP contribution in [0.3, 0.4) is 0 Å². The highest BCUT2D eigenvalue weighted by Gasteiger charge is 2.38. The van der Waals surface area contributed by atoms with Crippen LogP contribution in [0.25, 0.3) is 0 Å². The van der Waals surface area contributed by atoms with E-state index in [1.54, 1.807) is 0 Å². The Balaban J connectivity index is 0.000000647. The standard InChI is InChI=1S/C21H26.CHNO/c1-17-13-15-21(2,16-14-17)20(18-9-5-3-6-10-18)19-11-7-4-8-12-19;2-1-3/h3-12,17,20H,13-16H2,1-2H3;2H. The van der Waals surface area contributed by atoms with Gasteiger partial charge in [0.1, 0.15) is 0 Å². The van der Waals surface area contributed by atoms with Crippen molar-refractivity contribution in [1.29, 1.82) is 5.41 Å². The molecular formula is C22H27NO. The molecule has 2 heteroatoms. The van der Waals surface area contributed by atoms with Gasteiger partial charge in [0.2, 0.25) is 6.08 Å². The number of hydrogen-bond donors (Lipinski definition) is 1. The first-order valence-corrected chi connectivity index (χ1v) is 8.74. The second-order valence-electron chi connectivity index (χ2n) is 7.19. The largest absolute Gasteiger partial charge is 0.231 e. The van der Waals surface area contributed by atoms with Crippen LogP contribution in [0.1, 0.15) is 56.6 Å². The van der Waals surface area contributed by atoms with Crippen LogP contribution in [0.4, 0.5) is 0 Å². The maximum absolute atomic E-state index is 8.35. The molecule has 1 aliphatic rings. The van der Waals surface area contributed by atoms with Gasteiger partial charge in [-0.2, -0.15) is 0 Å². The van der Waals surface area contributed by atoms with Gasteiger partial charge in [-0.1, -0.05) is 87.4 Å². The van der Waals surface area contributed by atoms with Crippen molar-refractivity contribution in [2.45, 2.75) is 45.4 Å². The lowest BCUT2D eigenvalue weighted by molar-refractivity contribution is 0.155. The zero-order chi connectivity index (χ0) is 17.4. The molecule has 0 atom stereocenters. The number of benzene rings is 2. The second kappa shape index (κ2) is 8.61. The minimum Gasteiger partial charge on any atom is -0.222 e. The van der Waals surface area contributed by atoms with E-state index in [1.165, 1.54) is 36.8 Å². The highest BCUT2D eigenvalue weighted by atomic mass is 16.1. The van der Waals surface area contributed by atoms with Crippen LogP contribution >= 0.6 is 0 Å². The smallest absolute Gasteiger partial charge is 0.222 e. The number of nitrogens with one attached hydrogen (secondary N) is 1. The van der Waals surface area contributed by atoms with Crippen molar-refractivity contribution in [3.63, 3.8) is 0 Å². The molecule has 0 bridgehead atoms. The normalized spacial score (nSPS) is 23.0. The number of carbonyl (C=O) groups excluding carboxylic acids is 1. The molecule has 0 aliphatic heterocycles. The lowest BCUT2D eigenvalue weighted by atomic mass is 9.61. The van der Waals surface area contributed by atoms with Gasteiger partial charge in [-0.05, 0) is 35.3 Å². The molecule has 1 fully saturated rings. The molecule has 1 saturated carbocycles. The Bertz CT molecular complexity index is 597. The quantitative estimate of drug-likeness (QED) is 0.552. The van der Waals surface area contributed by atoms with E-state index in [1.807, 2.05) is 0 Å². The van der Waals surface area contributed by atoms with E-state index in [0.29, 0.717) is 11.3 Å². The Hall–Kier alpha value is -2.18. The summed E-state index contributed by atoms with van der Waals surface area (Å²) in [7, 11) is 0. The predicted octanol–water partition coefficient (Wildman–Crippen LogP) is 5.94. The molecule has 1 N–H and O–H groups in total. The first kappa shape index (κ1) is 18.2. The third-order valence-corrected chi connectivity index (χ3v) is 5.38. The van der Waals surface area contributed by atoms with Crippen LogP contribution in [0.15, 0.2) is 60.7 Å². The molecule has 1 aliphatic carbocycles. The van der Waals surface area contributed by atoms with E-state index >= 15 is 0 Å². The molecule has 0 saturated heterocycles. The Labute approximate surface area is 145 Å². The van der Waals surface area contributed by atoms with Crippen molar-refractivity contribution in [2.75, 3.05) is 0 Å². The topological polar surface area (TPSA) is 40.9 Å². The zero-order valence-electron chi connectivity index (χ0n) is 14.7. The number of isocyanates is 1. The first-order chi connectivity index (χ1) is 11.6. The molecule has 3 rings (SSSR count). The van der Waals surface area contributed by atoms with Gasteiger partial charge in [-0.15, -0.1) is 0 Å². The molecule has 126 valence electrons. The average Bonchev–Trinajstić information content (AvgIpc) is 2.61. The summed E-state index contributed by atoms with van der Waals surface area (Å²) < 4.78 is 0. The molecule has 0 aromatic heterocycles. The van der Waals surface area contributed by atoms with E-state index in [0.717, 1.165) is 12.0 Å². The van der Waals surface area contributed by atoms with Gasteiger partial charge in [0.25, 0.3) is 0 Å². The zero-order valence-corrected chi connectivity index (χ0v) is 14.7. The average molecular weight is 321 g/mol. The summed E-state index contributed by atoms with van der Waals surface area (Å²) in [5.74, 6) is 1.41. The summed E-state index contributed by atoms with van der Waals surface area (Å²) in [6, 6.07) is 22.2. The van der Waals surface area contributed by atoms with Crippen LogP contribution in [0, 0.1) is 16.7 Å². The molecule has 0 radical (unpaired) electrons. The van der Waals surface area contributed by atoms with Crippen molar-refractivity contribution in [1.82, 2.24) is 0 Å². The second-order valence-corrected chi connectivity index (χ2v) is 7.19. The van der Waals surface area contributed by atoms with Crippen LogP contribution < -0.4 is 0 Å². The highest BCUT2D eigenvalue weighted by Crippen LogP contribution is 2.51. The molecule has 0 amide bonds. The van der Waals surface area contributed by atoms with Crippen LogP contribution in [-0.4, -0.2) is 6.08 Å². The minimum atomic E-state index is 0.384. The van der Waals surface area contributed by atoms with Crippen LogP contribution in [0.5, 0.6) is 0 Å². The van der Waals surface area contributed by atoms with Crippen molar-refractivity contribution >= 4 is 6.08 Å². The first-order valence-electron chi connectivity index (χ1n) is 8.74. The molecule has 0 spiro atoms. The van der Waals surface area contributed by atoms with Gasteiger partial charge in [0.05, 0.1) is 0 Å². The third-order valence-electron chi connectivity index (χ3n) is 5.38. The summed E-state index contributed by atoms with van der Waals surface area (Å²) in [4.78, 5) is 8.35. The lowest BCUT2D eigenvalue weighted by Gasteiger charge is -2.43. The summed E-state index contributed by atoms with van der Waals surface area (Å²) >= 11 is 0. The minimum absolute atomic E-state index is 0.384. The number of rotatable bonds is 3. The van der Waals surface area contributed by atoms with Crippen molar-refractivity contribution in [3.8, 4) is 0 Å². The van der Waals surface area contributed by atoms with E-state index in [2.05, 4.69) is 74.5 Å². The molecule has 0 heterocycles. The fourth-order valence-electron chi connectivity index (χ4n) is 4.00. The summed E-state index contributed by atoms with van der Waals surface area (Å²) in [5, 5.41) is 5.40. The fraction of sp³-hybridized carbons (Fsp3) is 0.409. The molecular weight excluding hydrogens is 294 g/mol. The Morgan fingerprint density at radius 2 is 1.33 bits per heavy atom. The molecule has 0 unspecified atom stereocenters. The van der Waals surface area contributed by atoms with Crippen LogP contribution in [0.2, 0.25) is 0 Å². The monoisotopic (exact) mass is 321 g/mol. The predicted molar refractivity (Wildman–Crippen MR) is 98.9 cm³/mol. The van der Waals surface area contributed by atoms with Crippen LogP contribution in [-0.2, 0) is 4.79 Å². The Morgan fingerprint density at radius 3 is 1.71 bits per heavy atom. The van der Waals surface area contributed by atoms with E-state index < -0.39 is 0 Å². The van der Waals surface area contributed by atoms with E-state index in [-0.39, 0.29) is 0 Å². The lowest BCUT2D eigenvalue weighted by Crippen LogP contribution is -2.31. The van der Waals surface area contributed by atoms with E-state index in [9.17, 15) is 0 Å². The van der Waals surface area contributed by atoms with Gasteiger partial charge in [-0.3, -0.25) is 0 Å². The van der Waals surface area contributed by atoms with Crippen molar-refractivity contribution in [2.24, 2.45) is 11.3 Å². The molecule has 24 heavy (non-hydrogen) atoms. The van der Waals surface area contributed by atoms with Crippen molar-refractivity contribution < 1.29 is 4.79 Å². The maximum atomic E-state index is 8.35. The summed E-state index contributed by atoms with van der Waals surface area (Å²) in [5.41, 5.74) is 3.33. The number of hydrogen-bond acceptors (Lipinski definition) is 2. The van der Waals surface area contributed by atoms with Crippen molar-refractivity contribution in [3.05, 3.63) is 71.8 Å². The molecule has 2 aromatic carbocycles.